The summed E-state index contributed by atoms with van der Waals surface area (Å²) >= 11 is 0. The molecule has 2 atom stereocenters. The molecule has 0 N–H and O–H groups in total. The van der Waals surface area contributed by atoms with Gasteiger partial charge in [0.05, 0.1) is 0 Å². The van der Waals surface area contributed by atoms with Crippen LogP contribution in [0.2, 0.25) is 0 Å². The van der Waals surface area contributed by atoms with Gasteiger partial charge in [-0.05, 0) is 31.0 Å². The maximum absolute atomic E-state index is 12.0. The van der Waals surface area contributed by atoms with Crippen LogP contribution in [0.25, 0.3) is 0 Å². The number of hydrogen-bond acceptors (Lipinski definition) is 6. The highest BCUT2D eigenvalue weighted by Crippen LogP contribution is 2.32. The number of nitrogens with zero attached hydrogens (tertiary/aromatic N) is 1. The second-order valence-corrected chi connectivity index (χ2v) is 5.41. The van der Waals surface area contributed by atoms with Crippen LogP contribution >= 0.6 is 0 Å². The first-order valence-corrected chi connectivity index (χ1v) is 7.36. The third kappa shape index (κ3) is 4.51. The molecular weight excluding hydrogens is 302 g/mol. The first kappa shape index (κ1) is 16.9. The number of esters is 1. The summed E-state index contributed by atoms with van der Waals surface area (Å²) in [6, 6.07) is 5.59. The van der Waals surface area contributed by atoms with E-state index in [1.54, 1.807) is 7.05 Å². The van der Waals surface area contributed by atoms with E-state index in [1.165, 1.54) is 18.7 Å². The van der Waals surface area contributed by atoms with Crippen molar-refractivity contribution in [3.63, 3.8) is 0 Å². The van der Waals surface area contributed by atoms with Crippen molar-refractivity contribution >= 4 is 12.1 Å². The van der Waals surface area contributed by atoms with E-state index in [1.807, 2.05) is 25.1 Å². The van der Waals surface area contributed by atoms with Gasteiger partial charge in [0.15, 0.2) is 11.5 Å². The van der Waals surface area contributed by atoms with Gasteiger partial charge in [-0.3, -0.25) is 4.79 Å². The number of benzene rings is 1. The van der Waals surface area contributed by atoms with Gasteiger partial charge < -0.3 is 23.8 Å². The number of amides is 1. The topological polar surface area (TPSA) is 74.3 Å². The highest BCUT2D eigenvalue weighted by Gasteiger charge is 2.21. The number of fused-ring (bicyclic) bond motifs is 1. The van der Waals surface area contributed by atoms with Crippen LogP contribution in [0.15, 0.2) is 18.2 Å². The molecule has 126 valence electrons. The summed E-state index contributed by atoms with van der Waals surface area (Å²) in [4.78, 5) is 24.3. The summed E-state index contributed by atoms with van der Waals surface area (Å²) in [5.74, 6) is 0.939. The SMILES string of the molecule is CC(=O)OC(C)OC(=O)N(C)C(C)Cc1ccc2c(c1)OCO2. The number of rotatable bonds is 5. The first-order chi connectivity index (χ1) is 10.9. The van der Waals surface area contributed by atoms with Crippen molar-refractivity contribution in [3.05, 3.63) is 23.8 Å². The molecule has 1 aliphatic heterocycles. The lowest BCUT2D eigenvalue weighted by atomic mass is 10.1. The number of ether oxygens (including phenoxy) is 4. The van der Waals surface area contributed by atoms with Crippen molar-refractivity contribution in [2.75, 3.05) is 13.8 Å². The van der Waals surface area contributed by atoms with Gasteiger partial charge in [0.1, 0.15) is 0 Å². The average molecular weight is 323 g/mol. The largest absolute Gasteiger partial charge is 0.454 e. The number of carbonyl (C=O) groups is 2. The van der Waals surface area contributed by atoms with Gasteiger partial charge in [0.2, 0.25) is 13.1 Å². The van der Waals surface area contributed by atoms with Crippen molar-refractivity contribution in [1.29, 1.82) is 0 Å². The number of hydrogen-bond donors (Lipinski definition) is 0. The molecule has 7 heteroatoms. The van der Waals surface area contributed by atoms with Crippen LogP contribution in [0.4, 0.5) is 4.79 Å². The number of carbonyl (C=O) groups excluding carboxylic acids is 2. The molecule has 1 aliphatic rings. The summed E-state index contributed by atoms with van der Waals surface area (Å²) in [5, 5.41) is 0. The molecule has 2 unspecified atom stereocenters. The Balaban J connectivity index is 1.90. The van der Waals surface area contributed by atoms with E-state index in [0.717, 1.165) is 11.3 Å². The molecule has 0 saturated carbocycles. The molecule has 0 fully saturated rings. The zero-order chi connectivity index (χ0) is 17.0. The van der Waals surface area contributed by atoms with E-state index in [9.17, 15) is 9.59 Å². The van der Waals surface area contributed by atoms with Crippen LogP contribution in [-0.4, -0.2) is 43.1 Å². The normalized spacial score (nSPS) is 14.8. The standard InChI is InChI=1S/C16H21NO6/c1-10(17(4)16(19)23-12(3)22-11(2)18)7-13-5-6-14-15(8-13)21-9-20-14/h5-6,8,10,12H,7,9H2,1-4H3. The van der Waals surface area contributed by atoms with Gasteiger partial charge in [0, 0.05) is 26.9 Å². The van der Waals surface area contributed by atoms with Crippen LogP contribution in [-0.2, 0) is 20.7 Å². The highest BCUT2D eigenvalue weighted by atomic mass is 16.7. The van der Waals surface area contributed by atoms with Gasteiger partial charge in [-0.1, -0.05) is 6.07 Å². The molecule has 0 bridgehead atoms. The minimum Gasteiger partial charge on any atom is -0.454 e. The maximum atomic E-state index is 12.0. The zero-order valence-electron chi connectivity index (χ0n) is 13.7. The summed E-state index contributed by atoms with van der Waals surface area (Å²) in [7, 11) is 1.64. The van der Waals surface area contributed by atoms with E-state index >= 15 is 0 Å². The molecule has 1 heterocycles. The van der Waals surface area contributed by atoms with Crippen LogP contribution in [0, 0.1) is 0 Å². The highest BCUT2D eigenvalue weighted by molar-refractivity contribution is 5.69. The van der Waals surface area contributed by atoms with Crippen molar-refractivity contribution in [3.8, 4) is 11.5 Å². The van der Waals surface area contributed by atoms with Gasteiger partial charge >= 0.3 is 12.1 Å². The summed E-state index contributed by atoms with van der Waals surface area (Å²) in [5.41, 5.74) is 1.02. The lowest BCUT2D eigenvalue weighted by molar-refractivity contribution is -0.163. The van der Waals surface area contributed by atoms with Crippen LogP contribution in [0.3, 0.4) is 0 Å². The Bertz CT molecular complexity index is 588. The quantitative estimate of drug-likeness (QED) is 0.611. The monoisotopic (exact) mass is 323 g/mol. The van der Waals surface area contributed by atoms with E-state index in [4.69, 9.17) is 18.9 Å². The average Bonchev–Trinajstić information content (AvgIpc) is 2.92. The molecule has 1 aromatic carbocycles. The van der Waals surface area contributed by atoms with Gasteiger partial charge in [-0.25, -0.2) is 4.79 Å². The predicted octanol–water partition coefficient (Wildman–Crippen LogP) is 2.32. The van der Waals surface area contributed by atoms with Gasteiger partial charge in [-0.15, -0.1) is 0 Å². The number of likely N-dealkylation sites (N-methyl/N-ethyl adjacent to an activating group) is 1. The maximum Gasteiger partial charge on any atom is 0.412 e. The van der Waals surface area contributed by atoms with E-state index in [0.29, 0.717) is 12.2 Å². The molecule has 0 saturated heterocycles. The van der Waals surface area contributed by atoms with Crippen molar-refractivity contribution in [2.45, 2.75) is 39.5 Å². The lowest BCUT2D eigenvalue weighted by Crippen LogP contribution is -2.38. The Morgan fingerprint density at radius 2 is 1.91 bits per heavy atom. The third-order valence-corrected chi connectivity index (χ3v) is 3.52. The second kappa shape index (κ2) is 7.21. The van der Waals surface area contributed by atoms with Gasteiger partial charge in [0.25, 0.3) is 0 Å². The Morgan fingerprint density at radius 3 is 2.61 bits per heavy atom. The van der Waals surface area contributed by atoms with E-state index in [-0.39, 0.29) is 12.8 Å². The molecule has 1 aromatic rings. The summed E-state index contributed by atoms with van der Waals surface area (Å²) in [6.07, 6.45) is -0.836. The smallest absolute Gasteiger partial charge is 0.412 e. The van der Waals surface area contributed by atoms with Crippen LogP contribution < -0.4 is 9.47 Å². The van der Waals surface area contributed by atoms with Crippen LogP contribution in [0.1, 0.15) is 26.3 Å². The fourth-order valence-corrected chi connectivity index (χ4v) is 2.21. The van der Waals surface area contributed by atoms with E-state index in [2.05, 4.69) is 0 Å². The fourth-order valence-electron chi connectivity index (χ4n) is 2.21. The van der Waals surface area contributed by atoms with E-state index < -0.39 is 18.4 Å². The molecule has 0 spiro atoms. The van der Waals surface area contributed by atoms with Crippen molar-refractivity contribution in [2.24, 2.45) is 0 Å². The second-order valence-electron chi connectivity index (χ2n) is 5.41. The van der Waals surface area contributed by atoms with Crippen molar-refractivity contribution in [1.82, 2.24) is 4.90 Å². The minimum absolute atomic E-state index is 0.104. The van der Waals surface area contributed by atoms with Gasteiger partial charge in [-0.2, -0.15) is 0 Å². The van der Waals surface area contributed by atoms with Crippen molar-refractivity contribution < 1.29 is 28.5 Å². The molecule has 0 aliphatic carbocycles. The predicted molar refractivity (Wildman–Crippen MR) is 81.2 cm³/mol. The minimum atomic E-state index is -0.916. The molecule has 7 nitrogen and oxygen atoms in total. The molecule has 0 aromatic heterocycles. The Labute approximate surface area is 135 Å². The Kier molecular flexibility index (Phi) is 5.31. The zero-order valence-corrected chi connectivity index (χ0v) is 13.7. The third-order valence-electron chi connectivity index (χ3n) is 3.52. The molecular formula is C16H21NO6. The summed E-state index contributed by atoms with van der Waals surface area (Å²) < 4.78 is 20.4. The Morgan fingerprint density at radius 1 is 1.22 bits per heavy atom. The molecule has 2 rings (SSSR count). The molecule has 23 heavy (non-hydrogen) atoms. The lowest BCUT2D eigenvalue weighted by Gasteiger charge is -2.25. The first-order valence-electron chi connectivity index (χ1n) is 7.36. The van der Waals surface area contributed by atoms with Crippen LogP contribution in [0.5, 0.6) is 11.5 Å². The molecule has 0 radical (unpaired) electrons. The Hall–Kier alpha value is -2.44. The summed E-state index contributed by atoms with van der Waals surface area (Å²) in [6.45, 7) is 4.89. The fraction of sp³-hybridized carbons (Fsp3) is 0.500. The molecule has 1 amide bonds.